The Bertz CT molecular complexity index is 502. The van der Waals surface area contributed by atoms with Gasteiger partial charge in [-0.25, -0.2) is 4.79 Å². The number of fused-ring (bicyclic) bond motifs is 1. The van der Waals surface area contributed by atoms with Crippen LogP contribution in [0.2, 0.25) is 0 Å². The maximum atomic E-state index is 11.4. The molecule has 0 saturated carbocycles. The van der Waals surface area contributed by atoms with Crippen molar-refractivity contribution < 1.29 is 9.63 Å². The van der Waals surface area contributed by atoms with Gasteiger partial charge in [-0.05, 0) is 13.0 Å². The summed E-state index contributed by atoms with van der Waals surface area (Å²) >= 11 is 0. The van der Waals surface area contributed by atoms with Crippen molar-refractivity contribution in [3.63, 3.8) is 0 Å². The molecule has 4 nitrogen and oxygen atoms in total. The smallest absolute Gasteiger partial charge is 0.358 e. The van der Waals surface area contributed by atoms with E-state index in [9.17, 15) is 4.79 Å². The van der Waals surface area contributed by atoms with Gasteiger partial charge in [0, 0.05) is 23.6 Å². The highest BCUT2D eigenvalue weighted by Crippen LogP contribution is 2.21. The molecular weight excluding hydrogens is 192 g/mol. The Balaban J connectivity index is 2.70. The summed E-state index contributed by atoms with van der Waals surface area (Å²) in [6.45, 7) is 2.82. The van der Waals surface area contributed by atoms with E-state index in [1.807, 2.05) is 35.8 Å². The van der Waals surface area contributed by atoms with E-state index in [0.29, 0.717) is 5.56 Å². The Hall–Kier alpha value is -1.81. The number of aryl methyl sites for hydroxylation is 1. The van der Waals surface area contributed by atoms with Gasteiger partial charge in [-0.15, -0.1) is 0 Å². The van der Waals surface area contributed by atoms with Crippen LogP contribution in [-0.2, 0) is 11.4 Å². The third-order valence-corrected chi connectivity index (χ3v) is 2.46. The molecule has 0 unspecified atom stereocenters. The van der Waals surface area contributed by atoms with E-state index in [2.05, 4.69) is 4.84 Å². The van der Waals surface area contributed by atoms with Crippen molar-refractivity contribution in [2.45, 2.75) is 13.5 Å². The van der Waals surface area contributed by atoms with Gasteiger partial charge in [-0.3, -0.25) is 0 Å². The van der Waals surface area contributed by atoms with Crippen molar-refractivity contribution in [1.29, 1.82) is 0 Å². The van der Waals surface area contributed by atoms with E-state index in [4.69, 9.17) is 5.90 Å². The number of nitrogens with two attached hydrogens (primary N) is 1. The van der Waals surface area contributed by atoms with Gasteiger partial charge in [0.05, 0.1) is 5.56 Å². The summed E-state index contributed by atoms with van der Waals surface area (Å²) in [5.41, 5.74) is 1.52. The molecule has 1 heterocycles. The summed E-state index contributed by atoms with van der Waals surface area (Å²) in [7, 11) is 0. The second-order valence-electron chi connectivity index (χ2n) is 3.25. The highest BCUT2D eigenvalue weighted by Gasteiger charge is 2.14. The van der Waals surface area contributed by atoms with Crippen LogP contribution in [0.25, 0.3) is 10.9 Å². The molecule has 1 aromatic heterocycles. The van der Waals surface area contributed by atoms with Crippen LogP contribution in [0.5, 0.6) is 0 Å². The predicted octanol–water partition coefficient (Wildman–Crippen LogP) is 1.69. The first kappa shape index (κ1) is 9.73. The molecule has 1 aromatic carbocycles. The van der Waals surface area contributed by atoms with E-state index >= 15 is 0 Å². The molecule has 0 aliphatic rings. The van der Waals surface area contributed by atoms with Gasteiger partial charge >= 0.3 is 5.97 Å². The van der Waals surface area contributed by atoms with Gasteiger partial charge in [0.25, 0.3) is 0 Å². The first-order chi connectivity index (χ1) is 7.27. The average Bonchev–Trinajstić information content (AvgIpc) is 2.67. The number of aromatic nitrogens is 1. The lowest BCUT2D eigenvalue weighted by Gasteiger charge is -1.97. The third-order valence-electron chi connectivity index (χ3n) is 2.46. The van der Waals surface area contributed by atoms with Crippen molar-refractivity contribution in [3.05, 3.63) is 36.0 Å². The Labute approximate surface area is 87.2 Å². The number of hydrogen-bond donors (Lipinski definition) is 1. The summed E-state index contributed by atoms with van der Waals surface area (Å²) in [5.74, 6) is 4.39. The highest BCUT2D eigenvalue weighted by atomic mass is 16.7. The van der Waals surface area contributed by atoms with Crippen LogP contribution in [-0.4, -0.2) is 10.5 Å². The summed E-state index contributed by atoms with van der Waals surface area (Å²) in [6.07, 6.45) is 1.76. The molecule has 0 atom stereocenters. The normalized spacial score (nSPS) is 10.5. The Morgan fingerprint density at radius 3 is 2.87 bits per heavy atom. The highest BCUT2D eigenvalue weighted by molar-refractivity contribution is 6.04. The van der Waals surface area contributed by atoms with E-state index in [-0.39, 0.29) is 0 Å². The molecule has 78 valence electrons. The summed E-state index contributed by atoms with van der Waals surface area (Å²) < 4.78 is 1.99. The topological polar surface area (TPSA) is 57.2 Å². The van der Waals surface area contributed by atoms with Crippen LogP contribution < -0.4 is 5.90 Å². The minimum atomic E-state index is -0.501. The van der Waals surface area contributed by atoms with Gasteiger partial charge in [-0.1, -0.05) is 18.2 Å². The predicted molar refractivity (Wildman–Crippen MR) is 57.2 cm³/mol. The molecule has 4 heteroatoms. The van der Waals surface area contributed by atoms with E-state index in [1.165, 1.54) is 0 Å². The quantitative estimate of drug-likeness (QED) is 0.757. The van der Waals surface area contributed by atoms with E-state index in [1.54, 1.807) is 6.20 Å². The number of nitrogens with zero attached hydrogens (tertiary/aromatic N) is 1. The van der Waals surface area contributed by atoms with E-state index in [0.717, 1.165) is 17.4 Å². The zero-order chi connectivity index (χ0) is 10.8. The molecule has 15 heavy (non-hydrogen) atoms. The minimum Gasteiger partial charge on any atom is -0.370 e. The van der Waals surface area contributed by atoms with Crippen molar-refractivity contribution in [2.24, 2.45) is 5.90 Å². The van der Waals surface area contributed by atoms with E-state index < -0.39 is 5.97 Å². The molecule has 0 saturated heterocycles. The van der Waals surface area contributed by atoms with Crippen molar-refractivity contribution >= 4 is 16.9 Å². The molecule has 2 aromatic rings. The van der Waals surface area contributed by atoms with Crippen LogP contribution in [0.3, 0.4) is 0 Å². The molecular formula is C11H12N2O2. The first-order valence-corrected chi connectivity index (χ1v) is 4.77. The number of carbonyl (C=O) groups excluding carboxylic acids is 1. The maximum Gasteiger partial charge on any atom is 0.358 e. The molecule has 0 fully saturated rings. The molecule has 0 aliphatic heterocycles. The maximum absolute atomic E-state index is 11.4. The number of rotatable bonds is 2. The van der Waals surface area contributed by atoms with Crippen molar-refractivity contribution in [2.75, 3.05) is 0 Å². The van der Waals surface area contributed by atoms with Crippen LogP contribution in [0, 0.1) is 0 Å². The Morgan fingerprint density at radius 2 is 2.20 bits per heavy atom. The SMILES string of the molecule is CCn1cc(C(=O)ON)c2ccccc21. The third kappa shape index (κ3) is 1.49. The average molecular weight is 204 g/mol. The molecule has 0 bridgehead atoms. The Kier molecular flexibility index (Phi) is 2.43. The van der Waals surface area contributed by atoms with Gasteiger partial charge in [-0.2, -0.15) is 5.90 Å². The standard InChI is InChI=1S/C11H12N2O2/c1-2-13-7-9(11(14)15-12)8-5-3-4-6-10(8)13/h3-7H,2,12H2,1H3. The summed E-state index contributed by atoms with van der Waals surface area (Å²) in [5, 5.41) is 0.870. The molecule has 2 N–H and O–H groups in total. The van der Waals surface area contributed by atoms with Crippen LogP contribution in [0.4, 0.5) is 0 Å². The lowest BCUT2D eigenvalue weighted by atomic mass is 10.2. The van der Waals surface area contributed by atoms with Crippen LogP contribution in [0.1, 0.15) is 17.3 Å². The molecule has 0 radical (unpaired) electrons. The van der Waals surface area contributed by atoms with Crippen LogP contribution >= 0.6 is 0 Å². The minimum absolute atomic E-state index is 0.501. The number of benzene rings is 1. The molecule has 0 aliphatic carbocycles. The van der Waals surface area contributed by atoms with Crippen LogP contribution in [0.15, 0.2) is 30.5 Å². The first-order valence-electron chi connectivity index (χ1n) is 4.77. The Morgan fingerprint density at radius 1 is 1.47 bits per heavy atom. The number of carbonyl (C=O) groups is 1. The molecule has 0 spiro atoms. The summed E-state index contributed by atoms with van der Waals surface area (Å²) in [4.78, 5) is 15.6. The zero-order valence-corrected chi connectivity index (χ0v) is 8.43. The monoisotopic (exact) mass is 204 g/mol. The molecule has 2 rings (SSSR count). The van der Waals surface area contributed by atoms with Gasteiger partial charge in [0.1, 0.15) is 0 Å². The zero-order valence-electron chi connectivity index (χ0n) is 8.43. The largest absolute Gasteiger partial charge is 0.370 e. The molecule has 0 amide bonds. The fourth-order valence-electron chi connectivity index (χ4n) is 1.73. The lowest BCUT2D eigenvalue weighted by molar-refractivity contribution is 0.0505. The van der Waals surface area contributed by atoms with Crippen molar-refractivity contribution in [1.82, 2.24) is 4.57 Å². The second kappa shape index (κ2) is 3.74. The second-order valence-corrected chi connectivity index (χ2v) is 3.25. The fourth-order valence-corrected chi connectivity index (χ4v) is 1.73. The van der Waals surface area contributed by atoms with Gasteiger partial charge in [0.15, 0.2) is 0 Å². The van der Waals surface area contributed by atoms with Crippen molar-refractivity contribution in [3.8, 4) is 0 Å². The fraction of sp³-hybridized carbons (Fsp3) is 0.182. The summed E-state index contributed by atoms with van der Waals surface area (Å²) in [6, 6.07) is 7.67. The number of para-hydroxylation sites is 1. The van der Waals surface area contributed by atoms with Gasteiger partial charge in [0.2, 0.25) is 0 Å². The van der Waals surface area contributed by atoms with Gasteiger partial charge < -0.3 is 9.40 Å². The lowest BCUT2D eigenvalue weighted by Crippen LogP contribution is -2.09. The number of hydrogen-bond acceptors (Lipinski definition) is 3.